The Morgan fingerprint density at radius 3 is 2.53 bits per heavy atom. The number of nitriles is 1. The maximum absolute atomic E-state index is 9.35. The fraction of sp³-hybridized carbons (Fsp3) is 0.261. The molecule has 0 saturated heterocycles. The van der Waals surface area contributed by atoms with Crippen LogP contribution >= 0.6 is 0 Å². The van der Waals surface area contributed by atoms with Gasteiger partial charge in [-0.1, -0.05) is 0 Å². The second kappa shape index (κ2) is 10.9. The van der Waals surface area contributed by atoms with Gasteiger partial charge in [0, 0.05) is 42.2 Å². The summed E-state index contributed by atoms with van der Waals surface area (Å²) in [7, 11) is 4.68. The number of anilines is 2. The van der Waals surface area contributed by atoms with Crippen LogP contribution in [0.1, 0.15) is 11.1 Å². The number of hydrogen-bond acceptors (Lipinski definition) is 9. The van der Waals surface area contributed by atoms with E-state index in [0.717, 1.165) is 11.1 Å². The molecule has 0 bridgehead atoms. The first-order chi connectivity index (χ1) is 15.6. The van der Waals surface area contributed by atoms with Gasteiger partial charge in [-0.25, -0.2) is 9.97 Å². The van der Waals surface area contributed by atoms with Gasteiger partial charge in [0.1, 0.15) is 11.8 Å². The molecular weight excluding hydrogens is 410 g/mol. The number of ether oxygens (including phenoxy) is 3. The van der Waals surface area contributed by atoms with Crippen molar-refractivity contribution in [2.45, 2.75) is 6.54 Å². The van der Waals surface area contributed by atoms with Crippen molar-refractivity contribution < 1.29 is 19.3 Å². The minimum atomic E-state index is 0.0386. The Kier molecular flexibility index (Phi) is 7.80. The number of nitrogens with zero attached hydrogens (tertiary/aromatic N) is 3. The first-order valence-corrected chi connectivity index (χ1v) is 9.88. The highest BCUT2D eigenvalue weighted by molar-refractivity contribution is 5.67. The van der Waals surface area contributed by atoms with E-state index in [1.54, 1.807) is 44.7 Å². The Hall–Kier alpha value is -3.87. The molecule has 1 aromatic heterocycles. The average molecular weight is 435 g/mol. The maximum Gasteiger partial charge on any atom is 0.227 e. The number of nitrogens with one attached hydrogen (secondary N) is 2. The predicted molar refractivity (Wildman–Crippen MR) is 120 cm³/mol. The molecule has 0 unspecified atom stereocenters. The molecule has 0 fully saturated rings. The highest BCUT2D eigenvalue weighted by Gasteiger charge is 2.14. The molecule has 0 aliphatic heterocycles. The minimum Gasteiger partial charge on any atom is -0.495 e. The quantitative estimate of drug-likeness (QED) is 0.413. The van der Waals surface area contributed by atoms with Crippen LogP contribution in [-0.4, -0.2) is 49.6 Å². The summed E-state index contributed by atoms with van der Waals surface area (Å²) in [6, 6.07) is 12.9. The molecule has 2 aromatic carbocycles. The number of hydrogen-bond donors (Lipinski definition) is 3. The zero-order valence-electron chi connectivity index (χ0n) is 18.2. The third-order valence-corrected chi connectivity index (χ3v) is 4.69. The maximum atomic E-state index is 9.35. The van der Waals surface area contributed by atoms with Crippen LogP contribution in [0.15, 0.2) is 42.6 Å². The summed E-state index contributed by atoms with van der Waals surface area (Å²) in [6.45, 7) is 0.983. The number of rotatable bonds is 10. The van der Waals surface area contributed by atoms with Crippen LogP contribution in [0.5, 0.6) is 17.2 Å². The summed E-state index contributed by atoms with van der Waals surface area (Å²) in [5.74, 6) is 2.07. The molecule has 0 saturated carbocycles. The zero-order chi connectivity index (χ0) is 22.9. The molecule has 9 nitrogen and oxygen atoms in total. The minimum absolute atomic E-state index is 0.0386. The predicted octanol–water partition coefficient (Wildman–Crippen LogP) is 2.87. The monoisotopic (exact) mass is 435 g/mol. The Bertz CT molecular complexity index is 1110. The molecule has 0 aliphatic rings. The van der Waals surface area contributed by atoms with Crippen LogP contribution < -0.4 is 24.8 Å². The lowest BCUT2D eigenvalue weighted by Crippen LogP contribution is -2.18. The molecule has 0 radical (unpaired) electrons. The van der Waals surface area contributed by atoms with Crippen molar-refractivity contribution in [1.29, 1.82) is 5.26 Å². The van der Waals surface area contributed by atoms with Gasteiger partial charge in [0.05, 0.1) is 39.2 Å². The Labute approximate surface area is 186 Å². The van der Waals surface area contributed by atoms with Gasteiger partial charge in [-0.3, -0.25) is 0 Å². The average Bonchev–Trinajstić information content (AvgIpc) is 2.83. The van der Waals surface area contributed by atoms with Crippen molar-refractivity contribution in [2.75, 3.05) is 39.8 Å². The van der Waals surface area contributed by atoms with Crippen LogP contribution in [0.2, 0.25) is 0 Å². The Morgan fingerprint density at radius 1 is 1.03 bits per heavy atom. The molecule has 1 heterocycles. The fourth-order valence-corrected chi connectivity index (χ4v) is 3.21. The van der Waals surface area contributed by atoms with E-state index in [2.05, 4.69) is 26.7 Å². The van der Waals surface area contributed by atoms with E-state index in [1.165, 1.54) is 7.11 Å². The lowest BCUT2D eigenvalue weighted by Gasteiger charge is -2.16. The van der Waals surface area contributed by atoms with Gasteiger partial charge in [0.2, 0.25) is 5.95 Å². The van der Waals surface area contributed by atoms with Gasteiger partial charge in [-0.15, -0.1) is 0 Å². The number of benzene rings is 2. The molecular formula is C23H25N5O4. The van der Waals surface area contributed by atoms with E-state index in [-0.39, 0.29) is 6.61 Å². The zero-order valence-corrected chi connectivity index (χ0v) is 18.2. The third-order valence-electron chi connectivity index (χ3n) is 4.69. The molecule has 0 aliphatic carbocycles. The summed E-state index contributed by atoms with van der Waals surface area (Å²) >= 11 is 0. The van der Waals surface area contributed by atoms with Crippen molar-refractivity contribution in [3.05, 3.63) is 53.7 Å². The summed E-state index contributed by atoms with van der Waals surface area (Å²) in [5, 5.41) is 24.7. The molecule has 166 valence electrons. The number of aliphatic hydroxyl groups is 1. The fourth-order valence-electron chi connectivity index (χ4n) is 3.21. The molecule has 32 heavy (non-hydrogen) atoms. The van der Waals surface area contributed by atoms with Crippen LogP contribution in [0.3, 0.4) is 0 Å². The van der Waals surface area contributed by atoms with Crippen LogP contribution in [0, 0.1) is 11.3 Å². The molecule has 3 rings (SSSR count). The number of methoxy groups -OCH3 is 3. The van der Waals surface area contributed by atoms with E-state index >= 15 is 0 Å². The first-order valence-electron chi connectivity index (χ1n) is 9.88. The van der Waals surface area contributed by atoms with Crippen molar-refractivity contribution >= 4 is 11.6 Å². The largest absolute Gasteiger partial charge is 0.495 e. The Morgan fingerprint density at radius 2 is 1.84 bits per heavy atom. The molecule has 0 amide bonds. The van der Waals surface area contributed by atoms with E-state index in [4.69, 9.17) is 19.3 Å². The highest BCUT2D eigenvalue weighted by Crippen LogP contribution is 2.35. The van der Waals surface area contributed by atoms with Crippen molar-refractivity contribution in [3.63, 3.8) is 0 Å². The molecule has 3 aromatic rings. The normalized spacial score (nSPS) is 10.3. The van der Waals surface area contributed by atoms with Gasteiger partial charge >= 0.3 is 0 Å². The van der Waals surface area contributed by atoms with E-state index in [9.17, 15) is 5.26 Å². The first kappa shape index (κ1) is 22.8. The topological polar surface area (TPSA) is 122 Å². The smallest absolute Gasteiger partial charge is 0.227 e. The van der Waals surface area contributed by atoms with E-state index < -0.39 is 0 Å². The summed E-state index contributed by atoms with van der Waals surface area (Å²) in [5.41, 5.74) is 3.43. The van der Waals surface area contributed by atoms with Crippen LogP contribution in [-0.2, 0) is 6.54 Å². The van der Waals surface area contributed by atoms with Gasteiger partial charge in [0.25, 0.3) is 0 Å². The number of aliphatic hydroxyl groups excluding tert-OH is 1. The summed E-state index contributed by atoms with van der Waals surface area (Å²) < 4.78 is 16.2. The van der Waals surface area contributed by atoms with E-state index in [1.807, 2.05) is 12.1 Å². The van der Waals surface area contributed by atoms with Gasteiger partial charge < -0.3 is 30.0 Å². The van der Waals surface area contributed by atoms with Gasteiger partial charge in [-0.2, -0.15) is 5.26 Å². The molecule has 3 N–H and O–H groups in total. The van der Waals surface area contributed by atoms with Crippen molar-refractivity contribution in [1.82, 2.24) is 15.3 Å². The van der Waals surface area contributed by atoms with Gasteiger partial charge in [0.15, 0.2) is 11.5 Å². The Balaban J connectivity index is 1.91. The van der Waals surface area contributed by atoms with Gasteiger partial charge in [-0.05, 0) is 30.3 Å². The molecule has 0 spiro atoms. The lowest BCUT2D eigenvalue weighted by molar-refractivity contribution is 0.291. The third kappa shape index (κ3) is 5.24. The van der Waals surface area contributed by atoms with Crippen molar-refractivity contribution in [3.8, 4) is 34.6 Å². The SMILES string of the molecule is COc1ccc(-c2ccnc(Nc3cc(CNCCO)c(OC)c(OC)c3)n2)cc1C#N. The second-order valence-electron chi connectivity index (χ2n) is 6.69. The standard InChI is InChI=1S/C23H25N5O4/c1-30-20-5-4-15(10-16(20)13-24)19-6-7-26-23(28-19)27-18-11-17(14-25-8-9-29)22(32-3)21(12-18)31-2/h4-7,10-12,25,29H,8-9,14H2,1-3H3,(H,26,27,28). The number of aromatic nitrogens is 2. The summed E-state index contributed by atoms with van der Waals surface area (Å²) in [4.78, 5) is 8.89. The van der Waals surface area contributed by atoms with Crippen LogP contribution in [0.25, 0.3) is 11.3 Å². The molecule has 9 heteroatoms. The van der Waals surface area contributed by atoms with Crippen molar-refractivity contribution in [2.24, 2.45) is 0 Å². The molecule has 0 atom stereocenters. The second-order valence-corrected chi connectivity index (χ2v) is 6.69. The van der Waals surface area contributed by atoms with E-state index in [0.29, 0.717) is 53.2 Å². The van der Waals surface area contributed by atoms with Crippen LogP contribution in [0.4, 0.5) is 11.6 Å². The summed E-state index contributed by atoms with van der Waals surface area (Å²) in [6.07, 6.45) is 1.64. The highest BCUT2D eigenvalue weighted by atomic mass is 16.5. The lowest BCUT2D eigenvalue weighted by atomic mass is 10.1.